The maximum absolute atomic E-state index is 12.6. The van der Waals surface area contributed by atoms with Gasteiger partial charge in [-0.05, 0) is 17.8 Å². The van der Waals surface area contributed by atoms with E-state index in [1.807, 2.05) is 20.8 Å². The van der Waals surface area contributed by atoms with Gasteiger partial charge in [0.2, 0.25) is 0 Å². The van der Waals surface area contributed by atoms with Gasteiger partial charge in [-0.15, -0.1) is 0 Å². The molecule has 0 aromatic carbocycles. The minimum Gasteiger partial charge on any atom is -0.171 e. The molecule has 0 heterocycles. The Morgan fingerprint density at radius 1 is 1.07 bits per heavy atom. The van der Waals surface area contributed by atoms with Gasteiger partial charge in [-0.2, -0.15) is 13.2 Å². The Kier molecular flexibility index (Phi) is 4.47. The first-order valence-corrected chi connectivity index (χ1v) is 5.23. The zero-order chi connectivity index (χ0) is 11.6. The summed E-state index contributed by atoms with van der Waals surface area (Å²) in [6.45, 7) is 8.73. The fraction of sp³-hybridized carbons (Fsp3) is 1.00. The number of halogens is 3. The first-order chi connectivity index (χ1) is 6.16. The van der Waals surface area contributed by atoms with Crippen LogP contribution in [0.1, 0.15) is 47.5 Å². The van der Waals surface area contributed by atoms with Crippen LogP contribution >= 0.6 is 0 Å². The second-order valence-electron chi connectivity index (χ2n) is 4.67. The SMILES string of the molecule is CCCC(C)(C(C)C)C(C)C(F)(F)F. The molecule has 14 heavy (non-hydrogen) atoms. The monoisotopic (exact) mass is 210 g/mol. The minimum absolute atomic E-state index is 0.0547. The molecule has 0 rings (SSSR count). The summed E-state index contributed by atoms with van der Waals surface area (Å²) in [4.78, 5) is 0. The second kappa shape index (κ2) is 4.54. The summed E-state index contributed by atoms with van der Waals surface area (Å²) in [5.41, 5.74) is -0.632. The molecule has 0 radical (unpaired) electrons. The highest BCUT2D eigenvalue weighted by Crippen LogP contribution is 2.47. The van der Waals surface area contributed by atoms with Crippen LogP contribution in [0, 0.1) is 17.3 Å². The Hall–Kier alpha value is -0.210. The number of hydrogen-bond donors (Lipinski definition) is 0. The molecule has 2 atom stereocenters. The van der Waals surface area contributed by atoms with Crippen molar-refractivity contribution < 1.29 is 13.2 Å². The van der Waals surface area contributed by atoms with Crippen molar-refractivity contribution in [1.82, 2.24) is 0 Å². The van der Waals surface area contributed by atoms with Gasteiger partial charge in [0, 0.05) is 0 Å². The number of rotatable bonds is 4. The number of hydrogen-bond acceptors (Lipinski definition) is 0. The van der Waals surface area contributed by atoms with Crippen LogP contribution in [0.3, 0.4) is 0 Å². The molecule has 0 bridgehead atoms. The lowest BCUT2D eigenvalue weighted by molar-refractivity contribution is -0.207. The normalized spacial score (nSPS) is 19.5. The molecule has 86 valence electrons. The van der Waals surface area contributed by atoms with E-state index in [-0.39, 0.29) is 5.92 Å². The second-order valence-corrected chi connectivity index (χ2v) is 4.67. The van der Waals surface area contributed by atoms with E-state index in [2.05, 4.69) is 0 Å². The highest BCUT2D eigenvalue weighted by Gasteiger charge is 2.48. The summed E-state index contributed by atoms with van der Waals surface area (Å²) in [6.07, 6.45) is -2.64. The van der Waals surface area contributed by atoms with Crippen molar-refractivity contribution in [2.75, 3.05) is 0 Å². The lowest BCUT2D eigenvalue weighted by Gasteiger charge is -2.40. The minimum atomic E-state index is -4.08. The van der Waals surface area contributed by atoms with Crippen LogP contribution in [-0.4, -0.2) is 6.18 Å². The molecule has 0 aliphatic heterocycles. The zero-order valence-electron chi connectivity index (χ0n) is 9.70. The molecule has 0 fully saturated rings. The highest BCUT2D eigenvalue weighted by atomic mass is 19.4. The van der Waals surface area contributed by atoms with Gasteiger partial charge in [-0.3, -0.25) is 0 Å². The molecule has 0 saturated carbocycles. The molecular weight excluding hydrogens is 189 g/mol. The fourth-order valence-corrected chi connectivity index (χ4v) is 1.92. The molecule has 0 nitrogen and oxygen atoms in total. The van der Waals surface area contributed by atoms with Gasteiger partial charge in [0.1, 0.15) is 0 Å². The van der Waals surface area contributed by atoms with E-state index in [9.17, 15) is 13.2 Å². The van der Waals surface area contributed by atoms with Gasteiger partial charge in [0.15, 0.2) is 0 Å². The maximum Gasteiger partial charge on any atom is 0.392 e. The largest absolute Gasteiger partial charge is 0.392 e. The number of alkyl halides is 3. The van der Waals surface area contributed by atoms with Crippen LogP contribution in [0.2, 0.25) is 0 Å². The molecule has 0 amide bonds. The maximum atomic E-state index is 12.6. The van der Waals surface area contributed by atoms with Crippen LogP contribution < -0.4 is 0 Å². The Morgan fingerprint density at radius 3 is 1.71 bits per heavy atom. The summed E-state index contributed by atoms with van der Waals surface area (Å²) >= 11 is 0. The van der Waals surface area contributed by atoms with E-state index in [0.717, 1.165) is 6.42 Å². The van der Waals surface area contributed by atoms with Crippen molar-refractivity contribution in [3.05, 3.63) is 0 Å². The third-order valence-corrected chi connectivity index (χ3v) is 3.59. The summed E-state index contributed by atoms with van der Waals surface area (Å²) in [5.74, 6) is -1.17. The Morgan fingerprint density at radius 2 is 1.50 bits per heavy atom. The van der Waals surface area contributed by atoms with Crippen LogP contribution in [0.5, 0.6) is 0 Å². The third kappa shape index (κ3) is 2.89. The molecule has 0 aliphatic rings. The van der Waals surface area contributed by atoms with Crippen molar-refractivity contribution in [3.8, 4) is 0 Å². The molecule has 0 aliphatic carbocycles. The lowest BCUT2D eigenvalue weighted by Crippen LogP contribution is -2.39. The average molecular weight is 210 g/mol. The molecule has 3 heteroatoms. The van der Waals surface area contributed by atoms with E-state index >= 15 is 0 Å². The quantitative estimate of drug-likeness (QED) is 0.633. The fourth-order valence-electron chi connectivity index (χ4n) is 1.92. The topological polar surface area (TPSA) is 0 Å². The van der Waals surface area contributed by atoms with Gasteiger partial charge >= 0.3 is 6.18 Å². The van der Waals surface area contributed by atoms with Crippen molar-refractivity contribution in [2.45, 2.75) is 53.6 Å². The molecular formula is C11H21F3. The zero-order valence-corrected chi connectivity index (χ0v) is 9.70. The lowest BCUT2D eigenvalue weighted by atomic mass is 9.67. The van der Waals surface area contributed by atoms with E-state index in [4.69, 9.17) is 0 Å². The Bertz CT molecular complexity index is 172. The molecule has 0 spiro atoms. The smallest absolute Gasteiger partial charge is 0.171 e. The van der Waals surface area contributed by atoms with Gasteiger partial charge in [-0.25, -0.2) is 0 Å². The molecule has 0 aromatic heterocycles. The van der Waals surface area contributed by atoms with Crippen LogP contribution in [0.15, 0.2) is 0 Å². The molecule has 0 N–H and O–H groups in total. The summed E-state index contributed by atoms with van der Waals surface area (Å²) in [5, 5.41) is 0. The van der Waals surface area contributed by atoms with Gasteiger partial charge in [0.05, 0.1) is 5.92 Å². The molecule has 0 aromatic rings. The predicted octanol–water partition coefficient (Wildman–Crippen LogP) is 4.65. The van der Waals surface area contributed by atoms with Crippen molar-refractivity contribution in [1.29, 1.82) is 0 Å². The molecule has 0 saturated heterocycles. The summed E-state index contributed by atoms with van der Waals surface area (Å²) in [7, 11) is 0. The van der Waals surface area contributed by atoms with Crippen molar-refractivity contribution >= 4 is 0 Å². The standard InChI is InChI=1S/C11H21F3/c1-6-7-10(5,8(2)3)9(4)11(12,13)14/h8-9H,6-7H2,1-5H3. The predicted molar refractivity (Wildman–Crippen MR) is 53.1 cm³/mol. The average Bonchev–Trinajstić information content (AvgIpc) is 2.01. The Labute approximate surface area is 84.9 Å². The van der Waals surface area contributed by atoms with E-state index in [1.165, 1.54) is 6.92 Å². The summed E-state index contributed by atoms with van der Waals surface area (Å²) in [6, 6.07) is 0. The highest BCUT2D eigenvalue weighted by molar-refractivity contribution is 4.86. The van der Waals surface area contributed by atoms with Crippen LogP contribution in [0.25, 0.3) is 0 Å². The van der Waals surface area contributed by atoms with Crippen molar-refractivity contribution in [2.24, 2.45) is 17.3 Å². The van der Waals surface area contributed by atoms with E-state index in [0.29, 0.717) is 6.42 Å². The third-order valence-electron chi connectivity index (χ3n) is 3.59. The van der Waals surface area contributed by atoms with E-state index < -0.39 is 17.5 Å². The first-order valence-electron chi connectivity index (χ1n) is 5.23. The van der Waals surface area contributed by atoms with Gasteiger partial charge in [-0.1, -0.05) is 41.0 Å². The van der Waals surface area contributed by atoms with Crippen LogP contribution in [-0.2, 0) is 0 Å². The summed E-state index contributed by atoms with van der Waals surface area (Å²) < 4.78 is 37.9. The Balaban J connectivity index is 4.82. The molecule has 2 unspecified atom stereocenters. The van der Waals surface area contributed by atoms with Gasteiger partial charge < -0.3 is 0 Å². The van der Waals surface area contributed by atoms with Crippen LogP contribution in [0.4, 0.5) is 13.2 Å². The van der Waals surface area contributed by atoms with E-state index in [1.54, 1.807) is 6.92 Å². The van der Waals surface area contributed by atoms with Gasteiger partial charge in [0.25, 0.3) is 0 Å². The van der Waals surface area contributed by atoms with Crippen molar-refractivity contribution in [3.63, 3.8) is 0 Å². The first kappa shape index (κ1) is 13.8.